The SMILES string of the molecule is CCCCOc1ccc(C(=O)N=c2sc3ccc(Cl)c(C)c3n2CCOCC)cc1. The summed E-state index contributed by atoms with van der Waals surface area (Å²) in [7, 11) is 0. The molecule has 0 aliphatic rings. The number of fused-ring (bicyclic) bond motifs is 1. The van der Waals surface area contributed by atoms with Gasteiger partial charge in [-0.2, -0.15) is 4.99 Å². The van der Waals surface area contributed by atoms with E-state index in [-0.39, 0.29) is 5.91 Å². The van der Waals surface area contributed by atoms with E-state index in [1.807, 2.05) is 42.7 Å². The molecule has 0 saturated heterocycles. The lowest BCUT2D eigenvalue weighted by molar-refractivity contribution is 0.0996. The van der Waals surface area contributed by atoms with E-state index < -0.39 is 0 Å². The van der Waals surface area contributed by atoms with Gasteiger partial charge in [0.15, 0.2) is 4.80 Å². The summed E-state index contributed by atoms with van der Waals surface area (Å²) in [5.41, 5.74) is 2.50. The number of aromatic nitrogens is 1. The van der Waals surface area contributed by atoms with Crippen molar-refractivity contribution in [3.8, 4) is 5.75 Å². The van der Waals surface area contributed by atoms with Crippen LogP contribution >= 0.6 is 22.9 Å². The Morgan fingerprint density at radius 3 is 2.60 bits per heavy atom. The second kappa shape index (κ2) is 10.8. The van der Waals surface area contributed by atoms with Gasteiger partial charge in [-0.15, -0.1) is 0 Å². The van der Waals surface area contributed by atoms with Gasteiger partial charge in [-0.1, -0.05) is 36.3 Å². The average molecular weight is 447 g/mol. The Morgan fingerprint density at radius 1 is 1.13 bits per heavy atom. The number of carbonyl (C=O) groups is 1. The van der Waals surface area contributed by atoms with Crippen molar-refractivity contribution in [3.63, 3.8) is 0 Å². The van der Waals surface area contributed by atoms with Crippen molar-refractivity contribution in [3.05, 3.63) is 57.3 Å². The molecule has 3 aromatic rings. The Balaban J connectivity index is 1.93. The quantitative estimate of drug-likeness (QED) is 0.401. The molecule has 30 heavy (non-hydrogen) atoms. The Labute approximate surface area is 185 Å². The molecule has 0 unspecified atom stereocenters. The maximum Gasteiger partial charge on any atom is 0.279 e. The number of hydrogen-bond donors (Lipinski definition) is 0. The van der Waals surface area contributed by atoms with Crippen LogP contribution in [-0.2, 0) is 11.3 Å². The lowest BCUT2D eigenvalue weighted by Crippen LogP contribution is -2.20. The first-order chi connectivity index (χ1) is 14.5. The van der Waals surface area contributed by atoms with E-state index in [2.05, 4.69) is 11.9 Å². The molecule has 0 radical (unpaired) electrons. The molecule has 5 nitrogen and oxygen atoms in total. The molecule has 7 heteroatoms. The molecule has 2 aromatic carbocycles. The van der Waals surface area contributed by atoms with Gasteiger partial charge in [-0.25, -0.2) is 0 Å². The van der Waals surface area contributed by atoms with Gasteiger partial charge in [0.25, 0.3) is 5.91 Å². The summed E-state index contributed by atoms with van der Waals surface area (Å²) in [6, 6.07) is 11.0. The average Bonchev–Trinajstić information content (AvgIpc) is 3.09. The summed E-state index contributed by atoms with van der Waals surface area (Å²) in [6.45, 7) is 8.53. The molecule has 0 aliphatic carbocycles. The molecular formula is C23H27ClN2O3S. The number of unbranched alkanes of at least 4 members (excludes halogenated alkanes) is 1. The van der Waals surface area contributed by atoms with Crippen LogP contribution in [0.5, 0.6) is 5.75 Å². The van der Waals surface area contributed by atoms with E-state index >= 15 is 0 Å². The summed E-state index contributed by atoms with van der Waals surface area (Å²) in [6.07, 6.45) is 2.09. The van der Waals surface area contributed by atoms with E-state index in [1.54, 1.807) is 12.1 Å². The minimum absolute atomic E-state index is 0.282. The summed E-state index contributed by atoms with van der Waals surface area (Å²) >= 11 is 7.82. The van der Waals surface area contributed by atoms with E-state index in [4.69, 9.17) is 21.1 Å². The van der Waals surface area contributed by atoms with Gasteiger partial charge in [-0.3, -0.25) is 4.79 Å². The van der Waals surface area contributed by atoms with Crippen LogP contribution in [-0.4, -0.2) is 30.3 Å². The first-order valence-corrected chi connectivity index (χ1v) is 11.4. The number of halogens is 1. The highest BCUT2D eigenvalue weighted by atomic mass is 35.5. The Bertz CT molecular complexity index is 1070. The number of thiazole rings is 1. The number of ether oxygens (including phenoxy) is 2. The predicted octanol–water partition coefficient (Wildman–Crippen LogP) is 5.62. The third-order valence-corrected chi connectivity index (χ3v) is 6.21. The lowest BCUT2D eigenvalue weighted by Gasteiger charge is -2.08. The van der Waals surface area contributed by atoms with Gasteiger partial charge >= 0.3 is 0 Å². The fraction of sp³-hybridized carbons (Fsp3) is 0.391. The highest BCUT2D eigenvalue weighted by molar-refractivity contribution is 7.16. The highest BCUT2D eigenvalue weighted by Gasteiger charge is 2.13. The van der Waals surface area contributed by atoms with Crippen LogP contribution < -0.4 is 9.54 Å². The van der Waals surface area contributed by atoms with Crippen molar-refractivity contribution >= 4 is 39.1 Å². The zero-order valence-electron chi connectivity index (χ0n) is 17.6. The summed E-state index contributed by atoms with van der Waals surface area (Å²) < 4.78 is 14.3. The first-order valence-electron chi connectivity index (χ1n) is 10.2. The van der Waals surface area contributed by atoms with E-state index in [9.17, 15) is 4.79 Å². The van der Waals surface area contributed by atoms with Crippen LogP contribution in [0.3, 0.4) is 0 Å². The number of nitrogens with zero attached hydrogens (tertiary/aromatic N) is 2. The van der Waals surface area contributed by atoms with Gasteiger partial charge in [0.1, 0.15) is 5.75 Å². The van der Waals surface area contributed by atoms with Crippen LogP contribution in [0.25, 0.3) is 10.2 Å². The van der Waals surface area contributed by atoms with Crippen molar-refractivity contribution in [1.82, 2.24) is 4.57 Å². The zero-order valence-corrected chi connectivity index (χ0v) is 19.2. The highest BCUT2D eigenvalue weighted by Crippen LogP contribution is 2.27. The number of amides is 1. The van der Waals surface area contributed by atoms with Crippen molar-refractivity contribution in [1.29, 1.82) is 0 Å². The topological polar surface area (TPSA) is 52.8 Å². The molecule has 0 N–H and O–H groups in total. The Kier molecular flexibility index (Phi) is 8.08. The second-order valence-electron chi connectivity index (χ2n) is 6.90. The van der Waals surface area contributed by atoms with Crippen LogP contribution in [0, 0.1) is 6.92 Å². The molecular weight excluding hydrogens is 420 g/mol. The van der Waals surface area contributed by atoms with Crippen LogP contribution in [0.15, 0.2) is 41.4 Å². The smallest absolute Gasteiger partial charge is 0.279 e. The number of rotatable bonds is 9. The largest absolute Gasteiger partial charge is 0.494 e. The van der Waals surface area contributed by atoms with E-state index in [0.717, 1.165) is 34.4 Å². The first kappa shape index (κ1) is 22.5. The monoisotopic (exact) mass is 446 g/mol. The maximum absolute atomic E-state index is 12.8. The summed E-state index contributed by atoms with van der Waals surface area (Å²) in [5, 5.41) is 0.696. The summed E-state index contributed by atoms with van der Waals surface area (Å²) in [4.78, 5) is 17.9. The fourth-order valence-electron chi connectivity index (χ4n) is 3.09. The molecule has 1 heterocycles. The molecule has 0 spiro atoms. The van der Waals surface area contributed by atoms with Gasteiger partial charge in [-0.05, 0) is 62.2 Å². The minimum Gasteiger partial charge on any atom is -0.494 e. The Hall–Kier alpha value is -2.15. The van der Waals surface area contributed by atoms with Gasteiger partial charge in [0.05, 0.1) is 23.4 Å². The number of benzene rings is 2. The van der Waals surface area contributed by atoms with E-state index in [0.29, 0.717) is 41.8 Å². The standard InChI is InChI=1S/C23H27ClN2O3S/c1-4-6-14-29-18-9-7-17(8-10-18)22(27)25-23-26(13-15-28-5-2)21-16(3)19(24)11-12-20(21)30-23/h7-12H,4-6,13-15H2,1-3H3. The molecule has 3 rings (SSSR count). The predicted molar refractivity (Wildman–Crippen MR) is 123 cm³/mol. The van der Waals surface area contributed by atoms with Crippen molar-refractivity contribution < 1.29 is 14.3 Å². The molecule has 0 fully saturated rings. The molecule has 1 amide bonds. The molecule has 0 bridgehead atoms. The molecule has 0 aliphatic heterocycles. The van der Waals surface area contributed by atoms with Crippen molar-refractivity contribution in [2.24, 2.45) is 4.99 Å². The third-order valence-electron chi connectivity index (χ3n) is 4.76. The Morgan fingerprint density at radius 2 is 1.90 bits per heavy atom. The molecule has 0 atom stereocenters. The molecule has 1 aromatic heterocycles. The van der Waals surface area contributed by atoms with Gasteiger partial charge in [0, 0.05) is 23.7 Å². The van der Waals surface area contributed by atoms with E-state index in [1.165, 1.54) is 11.3 Å². The van der Waals surface area contributed by atoms with Crippen LogP contribution in [0.1, 0.15) is 42.6 Å². The number of aryl methyl sites for hydroxylation is 1. The lowest BCUT2D eigenvalue weighted by atomic mass is 10.2. The van der Waals surface area contributed by atoms with Crippen molar-refractivity contribution in [2.75, 3.05) is 19.8 Å². The number of hydrogen-bond acceptors (Lipinski definition) is 4. The minimum atomic E-state index is -0.282. The number of carbonyl (C=O) groups excluding carboxylic acids is 1. The second-order valence-corrected chi connectivity index (χ2v) is 8.31. The normalized spacial score (nSPS) is 11.9. The summed E-state index contributed by atoms with van der Waals surface area (Å²) in [5.74, 6) is 0.481. The van der Waals surface area contributed by atoms with Gasteiger partial charge < -0.3 is 14.0 Å². The maximum atomic E-state index is 12.8. The fourth-order valence-corrected chi connectivity index (χ4v) is 4.35. The van der Waals surface area contributed by atoms with Crippen LogP contribution in [0.4, 0.5) is 0 Å². The molecule has 160 valence electrons. The van der Waals surface area contributed by atoms with Crippen molar-refractivity contribution in [2.45, 2.75) is 40.2 Å². The van der Waals surface area contributed by atoms with Gasteiger partial charge in [0.2, 0.25) is 0 Å². The zero-order chi connectivity index (χ0) is 21.5. The van der Waals surface area contributed by atoms with Crippen LogP contribution in [0.2, 0.25) is 5.02 Å². The third kappa shape index (κ3) is 5.31. The molecule has 0 saturated carbocycles.